The summed E-state index contributed by atoms with van der Waals surface area (Å²) in [5, 5.41) is 0. The molecule has 0 radical (unpaired) electrons. The zero-order valence-electron chi connectivity index (χ0n) is 15.9. The van der Waals surface area contributed by atoms with Gasteiger partial charge in [-0.15, -0.1) is 0 Å². The largest absolute Gasteiger partial charge is 0.496 e. The summed E-state index contributed by atoms with van der Waals surface area (Å²) in [6.07, 6.45) is 4.41. The average Bonchev–Trinajstić information content (AvgIpc) is 3.21. The van der Waals surface area contributed by atoms with Crippen molar-refractivity contribution in [3.8, 4) is 34.3 Å². The zero-order chi connectivity index (χ0) is 19.3. The van der Waals surface area contributed by atoms with E-state index in [0.29, 0.717) is 29.7 Å². The molecule has 1 atom stereocenters. The number of nitrogens with zero attached hydrogens (tertiary/aromatic N) is 2. The number of hydrogen-bond acceptors (Lipinski definition) is 6. The fourth-order valence-electron chi connectivity index (χ4n) is 3.11. The Bertz CT molecular complexity index is 955. The highest BCUT2D eigenvalue weighted by atomic mass is 16.5. The van der Waals surface area contributed by atoms with Crippen LogP contribution in [0.15, 0.2) is 54.9 Å². The molecular weight excluding hydrogens is 356 g/mol. The summed E-state index contributed by atoms with van der Waals surface area (Å²) >= 11 is 0. The van der Waals surface area contributed by atoms with Crippen molar-refractivity contribution in [3.63, 3.8) is 0 Å². The zero-order valence-corrected chi connectivity index (χ0v) is 15.9. The molecule has 1 aromatic carbocycles. The second-order valence-corrected chi connectivity index (χ2v) is 6.59. The van der Waals surface area contributed by atoms with Crippen molar-refractivity contribution in [2.75, 3.05) is 20.3 Å². The van der Waals surface area contributed by atoms with E-state index in [1.54, 1.807) is 19.5 Å². The molecule has 1 saturated heterocycles. The molecule has 3 heterocycles. The van der Waals surface area contributed by atoms with Gasteiger partial charge in [0, 0.05) is 48.3 Å². The molecule has 0 bridgehead atoms. The van der Waals surface area contributed by atoms with Gasteiger partial charge < -0.3 is 18.9 Å². The van der Waals surface area contributed by atoms with Gasteiger partial charge in [-0.25, -0.2) is 4.98 Å². The van der Waals surface area contributed by atoms with Crippen molar-refractivity contribution in [2.45, 2.75) is 19.4 Å². The van der Waals surface area contributed by atoms with E-state index in [4.69, 9.17) is 18.9 Å². The molecule has 2 aromatic heterocycles. The van der Waals surface area contributed by atoms with Crippen LogP contribution in [0.2, 0.25) is 0 Å². The van der Waals surface area contributed by atoms with Crippen LogP contribution in [-0.4, -0.2) is 36.4 Å². The molecule has 1 fully saturated rings. The van der Waals surface area contributed by atoms with Crippen LogP contribution in [0.1, 0.15) is 12.1 Å². The summed E-state index contributed by atoms with van der Waals surface area (Å²) in [6.45, 7) is 3.28. The van der Waals surface area contributed by atoms with Crippen LogP contribution in [0.25, 0.3) is 11.1 Å². The van der Waals surface area contributed by atoms with E-state index in [1.807, 2.05) is 49.4 Å². The van der Waals surface area contributed by atoms with Gasteiger partial charge >= 0.3 is 0 Å². The Morgan fingerprint density at radius 2 is 1.86 bits per heavy atom. The first-order valence-electron chi connectivity index (χ1n) is 9.20. The Balaban J connectivity index is 1.64. The highest BCUT2D eigenvalue weighted by Gasteiger charge is 2.18. The van der Waals surface area contributed by atoms with Gasteiger partial charge in [-0.1, -0.05) is 0 Å². The lowest BCUT2D eigenvalue weighted by molar-refractivity contribution is 0.141. The highest BCUT2D eigenvalue weighted by molar-refractivity contribution is 5.69. The van der Waals surface area contributed by atoms with Crippen molar-refractivity contribution in [1.82, 2.24) is 9.97 Å². The fraction of sp³-hybridized carbons (Fsp3) is 0.273. The third kappa shape index (κ3) is 4.23. The van der Waals surface area contributed by atoms with Gasteiger partial charge in [0.2, 0.25) is 5.88 Å². The number of methoxy groups -OCH3 is 1. The van der Waals surface area contributed by atoms with E-state index in [1.165, 1.54) is 0 Å². The summed E-state index contributed by atoms with van der Waals surface area (Å²) in [4.78, 5) is 8.68. The Morgan fingerprint density at radius 3 is 2.64 bits per heavy atom. The lowest BCUT2D eigenvalue weighted by Crippen LogP contribution is -2.15. The summed E-state index contributed by atoms with van der Waals surface area (Å²) in [5.74, 6) is 2.45. The summed E-state index contributed by atoms with van der Waals surface area (Å²) in [5.41, 5.74) is 2.82. The van der Waals surface area contributed by atoms with Gasteiger partial charge in [0.25, 0.3) is 0 Å². The summed E-state index contributed by atoms with van der Waals surface area (Å²) in [6, 6.07) is 13.3. The Labute approximate surface area is 164 Å². The minimum Gasteiger partial charge on any atom is -0.496 e. The molecule has 6 nitrogen and oxygen atoms in total. The predicted molar refractivity (Wildman–Crippen MR) is 105 cm³/mol. The lowest BCUT2D eigenvalue weighted by Gasteiger charge is -2.15. The van der Waals surface area contributed by atoms with Crippen molar-refractivity contribution < 1.29 is 18.9 Å². The maximum Gasteiger partial charge on any atom is 0.227 e. The first-order chi connectivity index (χ1) is 13.7. The standard InChI is InChI=1S/C22H22N2O4/c1-15-10-16(5-8-23-15)21-4-3-7-24-22(21)28-20-12-18(25-2)11-19(13-20)27-17-6-9-26-14-17/h3-5,7-8,10-13,17H,6,9,14H2,1-2H3/t17-/m0/s1. The molecule has 6 heteroatoms. The number of rotatable bonds is 6. The van der Waals surface area contributed by atoms with Crippen LogP contribution in [0.3, 0.4) is 0 Å². The highest BCUT2D eigenvalue weighted by Crippen LogP contribution is 2.35. The van der Waals surface area contributed by atoms with Crippen molar-refractivity contribution in [3.05, 3.63) is 60.6 Å². The molecule has 0 saturated carbocycles. The van der Waals surface area contributed by atoms with E-state index < -0.39 is 0 Å². The minimum absolute atomic E-state index is 0.0464. The van der Waals surface area contributed by atoms with Crippen molar-refractivity contribution >= 4 is 0 Å². The maximum absolute atomic E-state index is 6.13. The molecule has 144 valence electrons. The monoisotopic (exact) mass is 378 g/mol. The molecular formula is C22H22N2O4. The number of pyridine rings is 2. The predicted octanol–water partition coefficient (Wildman–Crippen LogP) is 4.42. The van der Waals surface area contributed by atoms with E-state index >= 15 is 0 Å². The quantitative estimate of drug-likeness (QED) is 0.633. The van der Waals surface area contributed by atoms with Crippen molar-refractivity contribution in [1.29, 1.82) is 0 Å². The third-order valence-corrected chi connectivity index (χ3v) is 4.47. The second kappa shape index (κ2) is 8.27. The maximum atomic E-state index is 6.13. The fourth-order valence-corrected chi connectivity index (χ4v) is 3.11. The van der Waals surface area contributed by atoms with E-state index in [-0.39, 0.29) is 6.10 Å². The molecule has 0 amide bonds. The molecule has 0 unspecified atom stereocenters. The molecule has 3 aromatic rings. The third-order valence-electron chi connectivity index (χ3n) is 4.47. The van der Waals surface area contributed by atoms with E-state index in [0.717, 1.165) is 29.8 Å². The number of ether oxygens (including phenoxy) is 4. The second-order valence-electron chi connectivity index (χ2n) is 6.59. The van der Waals surface area contributed by atoms with Gasteiger partial charge in [-0.2, -0.15) is 0 Å². The van der Waals surface area contributed by atoms with Gasteiger partial charge in [-0.05, 0) is 36.8 Å². The van der Waals surface area contributed by atoms with Gasteiger partial charge in [0.15, 0.2) is 0 Å². The molecule has 1 aliphatic heterocycles. The summed E-state index contributed by atoms with van der Waals surface area (Å²) < 4.78 is 22.9. The minimum atomic E-state index is 0.0464. The van der Waals surface area contributed by atoms with Gasteiger partial charge in [0.1, 0.15) is 23.4 Å². The number of aryl methyl sites for hydroxylation is 1. The Kier molecular flexibility index (Phi) is 5.39. The number of benzene rings is 1. The molecule has 4 rings (SSSR count). The van der Waals surface area contributed by atoms with Crippen LogP contribution < -0.4 is 14.2 Å². The van der Waals surface area contributed by atoms with Gasteiger partial charge in [0.05, 0.1) is 20.3 Å². The number of hydrogen-bond donors (Lipinski definition) is 0. The smallest absolute Gasteiger partial charge is 0.227 e. The first kappa shape index (κ1) is 18.3. The van der Waals surface area contributed by atoms with Gasteiger partial charge in [-0.3, -0.25) is 4.98 Å². The van der Waals surface area contributed by atoms with Crippen LogP contribution in [0.4, 0.5) is 0 Å². The average molecular weight is 378 g/mol. The Morgan fingerprint density at radius 1 is 1.00 bits per heavy atom. The molecule has 0 aliphatic carbocycles. The Hall–Kier alpha value is -3.12. The van der Waals surface area contributed by atoms with Crippen LogP contribution in [0, 0.1) is 6.92 Å². The normalized spacial score (nSPS) is 16.0. The molecule has 1 aliphatic rings. The summed E-state index contributed by atoms with van der Waals surface area (Å²) in [7, 11) is 1.62. The molecule has 0 N–H and O–H groups in total. The molecule has 28 heavy (non-hydrogen) atoms. The van der Waals surface area contributed by atoms with E-state index in [2.05, 4.69) is 9.97 Å². The van der Waals surface area contributed by atoms with Crippen LogP contribution in [0.5, 0.6) is 23.1 Å². The van der Waals surface area contributed by atoms with E-state index in [9.17, 15) is 0 Å². The van der Waals surface area contributed by atoms with Crippen LogP contribution >= 0.6 is 0 Å². The van der Waals surface area contributed by atoms with Crippen LogP contribution in [-0.2, 0) is 4.74 Å². The first-order valence-corrected chi connectivity index (χ1v) is 9.20. The van der Waals surface area contributed by atoms with Crippen molar-refractivity contribution in [2.24, 2.45) is 0 Å². The number of aromatic nitrogens is 2. The topological polar surface area (TPSA) is 62.7 Å². The lowest BCUT2D eigenvalue weighted by atomic mass is 10.1. The SMILES string of the molecule is COc1cc(Oc2ncccc2-c2ccnc(C)c2)cc(O[C@H]2CCOC2)c1. The molecule has 0 spiro atoms.